The predicted octanol–water partition coefficient (Wildman–Crippen LogP) is 12.6. The van der Waals surface area contributed by atoms with Gasteiger partial charge in [-0.1, -0.05) is 26.2 Å². The molecular weight excluding hydrogens is 939 g/mol. The van der Waals surface area contributed by atoms with Gasteiger partial charge in [0.25, 0.3) is 0 Å². The summed E-state index contributed by atoms with van der Waals surface area (Å²) in [7, 11) is 0. The first-order valence-electron chi connectivity index (χ1n) is 20.3. The molecule has 0 spiro atoms. The van der Waals surface area contributed by atoms with E-state index in [1.807, 2.05) is 25.1 Å². The van der Waals surface area contributed by atoms with Crippen LogP contribution in [-0.2, 0) is 38.5 Å². The van der Waals surface area contributed by atoms with Gasteiger partial charge in [-0.25, -0.2) is 4.98 Å². The molecule has 0 bridgehead atoms. The van der Waals surface area contributed by atoms with Crippen LogP contribution in [0.2, 0.25) is 17.3 Å². The summed E-state index contributed by atoms with van der Waals surface area (Å²) in [5.41, 5.74) is 11.5. The molecule has 5 heterocycles. The van der Waals surface area contributed by atoms with E-state index in [9.17, 15) is 0 Å². The maximum Gasteiger partial charge on any atom is 0.216 e. The van der Waals surface area contributed by atoms with Gasteiger partial charge >= 0.3 is 145 Å². The van der Waals surface area contributed by atoms with Gasteiger partial charge in [0.15, 0.2) is 0 Å². The van der Waals surface area contributed by atoms with Crippen molar-refractivity contribution in [2.75, 3.05) is 0 Å². The Morgan fingerprint density at radius 3 is 2.12 bits per heavy atom. The normalized spacial score (nSPS) is 12.5. The molecule has 1 radical (unpaired) electrons. The van der Waals surface area contributed by atoms with Gasteiger partial charge in [-0.3, -0.25) is 9.97 Å². The Morgan fingerprint density at radius 1 is 0.789 bits per heavy atom. The molecule has 0 saturated carbocycles. The topological polar surface area (TPSA) is 69.6 Å². The smallest absolute Gasteiger partial charge is 0.216 e. The number of aryl methyl sites for hydroxylation is 2. The van der Waals surface area contributed by atoms with Crippen LogP contribution in [0.4, 0.5) is 0 Å². The van der Waals surface area contributed by atoms with Crippen molar-refractivity contribution in [2.45, 2.75) is 125 Å². The molecule has 0 fully saturated rings. The van der Waals surface area contributed by atoms with Gasteiger partial charge in [0.05, 0.1) is 28.1 Å². The number of nitrogens with zero attached hydrogens (tertiary/aromatic N) is 5. The van der Waals surface area contributed by atoms with Gasteiger partial charge in [0.1, 0.15) is 0 Å². The number of rotatable bonds is 8. The number of aromatic nitrogens is 5. The molecule has 7 rings (SSSR count). The summed E-state index contributed by atoms with van der Waals surface area (Å²) >= 11 is -1.93. The second-order valence-corrected chi connectivity index (χ2v) is 29.8. The molecular formula is C49H61GeIrN5O-2. The summed E-state index contributed by atoms with van der Waals surface area (Å²) in [4.78, 5) is 19.3. The van der Waals surface area contributed by atoms with Gasteiger partial charge in [-0.15, -0.1) is 23.8 Å². The first-order chi connectivity index (χ1) is 26.2. The van der Waals surface area contributed by atoms with Crippen LogP contribution in [0.15, 0.2) is 71.3 Å². The van der Waals surface area contributed by atoms with E-state index >= 15 is 0 Å². The fourth-order valence-electron chi connectivity index (χ4n) is 7.65. The zero-order valence-electron chi connectivity index (χ0n) is 36.7. The molecule has 0 amide bonds. The standard InChI is InChI=1S/C28H31N4O.C21H30GeN.Ir/c1-16-13-22-24(17(2)29-16)32(28(6,7)8)25(31-22)18-9-12-23-21(14-18)20-11-10-19(15-27(3,4)5)30-26(20)33-23;1-7-21(3,8-2)15-18-14-20(17-12-10-9-11-13-17)23-16-19(18)22(4,5)6;/h10-14H,15H2,1-8H3;9-12,14,16H,7-8,15H2,1-6H3;/q2*-1;. The van der Waals surface area contributed by atoms with Gasteiger partial charge in [0, 0.05) is 42.4 Å². The fourth-order valence-corrected chi connectivity index (χ4v) is 11.0. The first-order valence-corrected chi connectivity index (χ1v) is 27.6. The van der Waals surface area contributed by atoms with Crippen molar-refractivity contribution in [2.24, 2.45) is 10.8 Å². The van der Waals surface area contributed by atoms with Crippen molar-refractivity contribution >= 4 is 50.8 Å². The Kier molecular flexibility index (Phi) is 13.2. The number of fused-ring (bicyclic) bond motifs is 4. The Hall–Kier alpha value is -3.65. The molecule has 303 valence electrons. The van der Waals surface area contributed by atoms with Gasteiger partial charge < -0.3 is 8.98 Å². The molecule has 0 saturated heterocycles. The summed E-state index contributed by atoms with van der Waals surface area (Å²) in [5, 5.41) is 2.05. The van der Waals surface area contributed by atoms with Gasteiger partial charge in [-0.2, -0.15) is 0 Å². The van der Waals surface area contributed by atoms with Crippen LogP contribution in [0.25, 0.3) is 55.7 Å². The molecule has 0 aliphatic carbocycles. The maximum atomic E-state index is 6.11. The van der Waals surface area contributed by atoms with E-state index in [-0.39, 0.29) is 31.1 Å². The summed E-state index contributed by atoms with van der Waals surface area (Å²) in [6, 6.07) is 27.5. The van der Waals surface area contributed by atoms with Crippen molar-refractivity contribution in [1.82, 2.24) is 24.5 Å². The van der Waals surface area contributed by atoms with Crippen LogP contribution in [0, 0.1) is 36.8 Å². The van der Waals surface area contributed by atoms with E-state index in [0.717, 1.165) is 80.0 Å². The third-order valence-electron chi connectivity index (χ3n) is 11.0. The van der Waals surface area contributed by atoms with E-state index in [2.05, 4.69) is 152 Å². The van der Waals surface area contributed by atoms with Crippen LogP contribution in [0.5, 0.6) is 0 Å². The van der Waals surface area contributed by atoms with Crippen molar-refractivity contribution in [3.8, 4) is 22.6 Å². The zero-order valence-corrected chi connectivity index (χ0v) is 41.2. The maximum absolute atomic E-state index is 6.11. The monoisotopic (exact) mass is 1000 g/mol. The Bertz CT molecular complexity index is 2490. The largest absolute Gasteiger partial charge is 0.486 e. The van der Waals surface area contributed by atoms with Crippen LogP contribution in [0.3, 0.4) is 0 Å². The predicted molar refractivity (Wildman–Crippen MR) is 238 cm³/mol. The minimum absolute atomic E-state index is 0. The van der Waals surface area contributed by atoms with E-state index in [4.69, 9.17) is 24.4 Å². The van der Waals surface area contributed by atoms with Crippen molar-refractivity contribution in [1.29, 1.82) is 0 Å². The summed E-state index contributed by atoms with van der Waals surface area (Å²) in [6.45, 7) is 24.4. The van der Waals surface area contributed by atoms with E-state index < -0.39 is 13.3 Å². The van der Waals surface area contributed by atoms with E-state index in [0.29, 0.717) is 11.1 Å². The van der Waals surface area contributed by atoms with Crippen LogP contribution < -0.4 is 4.40 Å². The first kappa shape index (κ1) is 44.5. The quantitative estimate of drug-likeness (QED) is 0.112. The molecule has 0 aliphatic rings. The summed E-state index contributed by atoms with van der Waals surface area (Å²) < 4.78 is 9.95. The third kappa shape index (κ3) is 9.98. The van der Waals surface area contributed by atoms with Crippen LogP contribution in [-0.4, -0.2) is 37.8 Å². The fraction of sp³-hybridized carbons (Fsp3) is 0.429. The van der Waals surface area contributed by atoms with Crippen LogP contribution in [0.1, 0.15) is 97.8 Å². The molecule has 2 aromatic carbocycles. The third-order valence-corrected chi connectivity index (χ3v) is 15.3. The number of hydrogen-bond acceptors (Lipinski definition) is 5. The average molecular weight is 1000 g/mol. The Balaban J connectivity index is 0.000000229. The minimum Gasteiger partial charge on any atom is -0.486 e. The Labute approximate surface area is 357 Å². The summed E-state index contributed by atoms with van der Waals surface area (Å²) in [6.07, 6.45) is 6.65. The van der Waals surface area contributed by atoms with Gasteiger partial charge in [0.2, 0.25) is 5.71 Å². The van der Waals surface area contributed by atoms with Crippen molar-refractivity contribution in [3.63, 3.8) is 0 Å². The Morgan fingerprint density at radius 2 is 1.51 bits per heavy atom. The average Bonchev–Trinajstić information content (AvgIpc) is 3.69. The number of imidazole rings is 1. The molecule has 5 aromatic heterocycles. The minimum atomic E-state index is -1.93. The second kappa shape index (κ2) is 16.9. The number of benzene rings is 2. The van der Waals surface area contributed by atoms with Crippen molar-refractivity contribution < 1.29 is 24.5 Å². The summed E-state index contributed by atoms with van der Waals surface area (Å²) in [5.74, 6) is 8.28. The number of pyridine rings is 3. The molecule has 57 heavy (non-hydrogen) atoms. The van der Waals surface area contributed by atoms with Gasteiger partial charge in [-0.05, 0) is 64.7 Å². The molecule has 0 atom stereocenters. The number of furan rings is 1. The van der Waals surface area contributed by atoms with Crippen molar-refractivity contribution in [3.05, 3.63) is 102 Å². The molecule has 8 heteroatoms. The molecule has 6 nitrogen and oxygen atoms in total. The molecule has 0 aliphatic heterocycles. The SMILES string of the molecule is CCC(C)(CC)Cc1cc(-c2[c-]cccc2)nc[c]1[Ge]([CH3])([CH3])[CH3].Cc1cc2nc(-c3[c-]cc4oc5nc(CC(C)(C)C)ccc5c4c3)n(C(C)(C)C)c2c(C)n1.[Ir]. The van der Waals surface area contributed by atoms with E-state index in [1.54, 1.807) is 4.40 Å². The molecule has 7 aromatic rings. The van der Waals surface area contributed by atoms with E-state index in [1.165, 1.54) is 18.4 Å². The second-order valence-electron chi connectivity index (χ2n) is 19.2. The zero-order chi connectivity index (χ0) is 40.8. The number of hydrogen-bond donors (Lipinski definition) is 0. The van der Waals surface area contributed by atoms with Crippen LogP contribution >= 0.6 is 0 Å². The molecule has 0 N–H and O–H groups in total. The molecule has 0 unspecified atom stereocenters.